The second-order valence-corrected chi connectivity index (χ2v) is 10.1. The standard InChI is InChI=1S/C21H22ClN5O5S2/c1-26-17-5-4-14(34(29,30)27-7-9-32-10-8-27)12-15(17)19(20(26)28)24-25-21(33)23-13-3-6-18(31-2)16(22)11-13/h3-6,11-12,28H,7-10H2,1-2H3,(H,23,33). The van der Waals surface area contributed by atoms with Gasteiger partial charge in [0.25, 0.3) is 0 Å². The van der Waals surface area contributed by atoms with E-state index in [-0.39, 0.29) is 34.7 Å². The van der Waals surface area contributed by atoms with Crippen molar-refractivity contribution >= 4 is 61.2 Å². The second-order valence-electron chi connectivity index (χ2n) is 7.41. The van der Waals surface area contributed by atoms with Crippen LogP contribution in [0.4, 0.5) is 11.4 Å². The van der Waals surface area contributed by atoms with Crippen molar-refractivity contribution in [2.75, 3.05) is 38.7 Å². The number of rotatable bonds is 5. The molecule has 1 saturated heterocycles. The zero-order valence-corrected chi connectivity index (χ0v) is 20.7. The fourth-order valence-electron chi connectivity index (χ4n) is 3.57. The van der Waals surface area contributed by atoms with Gasteiger partial charge in [0.1, 0.15) is 5.75 Å². The molecule has 0 radical (unpaired) electrons. The van der Waals surface area contributed by atoms with E-state index in [4.69, 9.17) is 33.3 Å². The Bertz CT molecular complexity index is 1380. The number of halogens is 1. The number of anilines is 1. The van der Waals surface area contributed by atoms with Crippen molar-refractivity contribution in [2.45, 2.75) is 4.90 Å². The van der Waals surface area contributed by atoms with Gasteiger partial charge < -0.3 is 24.5 Å². The van der Waals surface area contributed by atoms with Crippen molar-refractivity contribution in [3.63, 3.8) is 0 Å². The van der Waals surface area contributed by atoms with Crippen molar-refractivity contribution in [3.05, 3.63) is 41.4 Å². The van der Waals surface area contributed by atoms with E-state index in [1.807, 2.05) is 0 Å². The molecule has 1 aliphatic heterocycles. The molecule has 180 valence electrons. The maximum atomic E-state index is 13.1. The van der Waals surface area contributed by atoms with E-state index < -0.39 is 10.0 Å². The van der Waals surface area contributed by atoms with Crippen LogP contribution in [0.5, 0.6) is 11.6 Å². The molecule has 1 aliphatic rings. The lowest BCUT2D eigenvalue weighted by Gasteiger charge is -2.26. The van der Waals surface area contributed by atoms with Crippen LogP contribution in [0.1, 0.15) is 0 Å². The number of hydrogen-bond acceptors (Lipinski definition) is 7. The van der Waals surface area contributed by atoms with Crippen LogP contribution < -0.4 is 10.1 Å². The summed E-state index contributed by atoms with van der Waals surface area (Å²) < 4.78 is 39.4. The molecule has 2 heterocycles. The Kier molecular flexibility index (Phi) is 7.05. The molecule has 1 fully saturated rings. The normalized spacial score (nSPS) is 15.1. The molecule has 2 aromatic carbocycles. The Balaban J connectivity index is 1.63. The third-order valence-electron chi connectivity index (χ3n) is 5.37. The molecule has 0 bridgehead atoms. The van der Waals surface area contributed by atoms with Gasteiger partial charge in [-0.05, 0) is 48.6 Å². The Hall–Kier alpha value is -2.77. The highest BCUT2D eigenvalue weighted by Crippen LogP contribution is 2.39. The molecular formula is C21H22ClN5O5S2. The van der Waals surface area contributed by atoms with E-state index in [1.165, 1.54) is 28.1 Å². The Labute approximate surface area is 206 Å². The van der Waals surface area contributed by atoms with E-state index in [9.17, 15) is 13.5 Å². The number of thiocarbonyl (C=S) groups is 1. The van der Waals surface area contributed by atoms with E-state index >= 15 is 0 Å². The molecule has 1 aromatic heterocycles. The Morgan fingerprint density at radius 2 is 1.97 bits per heavy atom. The number of morpholine rings is 1. The topological polar surface area (TPSA) is 118 Å². The second kappa shape index (κ2) is 9.84. The highest BCUT2D eigenvalue weighted by atomic mass is 35.5. The van der Waals surface area contributed by atoms with Crippen LogP contribution in [0.25, 0.3) is 10.9 Å². The van der Waals surface area contributed by atoms with Crippen molar-refractivity contribution in [1.29, 1.82) is 0 Å². The van der Waals surface area contributed by atoms with Crippen LogP contribution in [-0.2, 0) is 21.8 Å². The average Bonchev–Trinajstić information content (AvgIpc) is 3.07. The van der Waals surface area contributed by atoms with Gasteiger partial charge in [-0.3, -0.25) is 0 Å². The van der Waals surface area contributed by atoms with Crippen molar-refractivity contribution in [2.24, 2.45) is 17.3 Å². The first-order chi connectivity index (χ1) is 16.2. The molecule has 0 aliphatic carbocycles. The van der Waals surface area contributed by atoms with Crippen LogP contribution in [0.3, 0.4) is 0 Å². The summed E-state index contributed by atoms with van der Waals surface area (Å²) in [4.78, 5) is 0.0949. The van der Waals surface area contributed by atoms with Crippen LogP contribution in [-0.4, -0.2) is 60.9 Å². The summed E-state index contributed by atoms with van der Waals surface area (Å²) in [5, 5.41) is 22.4. The minimum Gasteiger partial charge on any atom is -0.495 e. The molecule has 0 amide bonds. The van der Waals surface area contributed by atoms with E-state index in [1.54, 1.807) is 31.3 Å². The van der Waals surface area contributed by atoms with Crippen LogP contribution in [0, 0.1) is 0 Å². The first-order valence-corrected chi connectivity index (χ1v) is 12.4. The van der Waals surface area contributed by atoms with Crippen LogP contribution in [0.2, 0.25) is 5.02 Å². The maximum Gasteiger partial charge on any atom is 0.243 e. The third kappa shape index (κ3) is 4.72. The van der Waals surface area contributed by atoms with Crippen molar-refractivity contribution in [3.8, 4) is 11.6 Å². The minimum atomic E-state index is -3.73. The number of methoxy groups -OCH3 is 1. The molecule has 0 spiro atoms. The zero-order valence-electron chi connectivity index (χ0n) is 18.4. The van der Waals surface area contributed by atoms with Gasteiger partial charge in [-0.25, -0.2) is 8.42 Å². The highest BCUT2D eigenvalue weighted by molar-refractivity contribution is 7.89. The fraction of sp³-hybridized carbons (Fsp3) is 0.286. The predicted octanol–water partition coefficient (Wildman–Crippen LogP) is 4.05. The summed E-state index contributed by atoms with van der Waals surface area (Å²) in [5.41, 5.74) is 1.28. The van der Waals surface area contributed by atoms with Gasteiger partial charge in [-0.15, -0.1) is 10.2 Å². The van der Waals surface area contributed by atoms with Gasteiger partial charge in [-0.1, -0.05) is 11.6 Å². The number of aromatic hydroxyl groups is 1. The number of benzene rings is 2. The summed E-state index contributed by atoms with van der Waals surface area (Å²) >= 11 is 11.4. The minimum absolute atomic E-state index is 0.0229. The molecule has 2 N–H and O–H groups in total. The molecule has 13 heteroatoms. The monoisotopic (exact) mass is 523 g/mol. The number of fused-ring (bicyclic) bond motifs is 1. The molecule has 34 heavy (non-hydrogen) atoms. The lowest BCUT2D eigenvalue weighted by molar-refractivity contribution is 0.0730. The number of aromatic nitrogens is 1. The van der Waals surface area contributed by atoms with E-state index in [2.05, 4.69) is 15.5 Å². The summed E-state index contributed by atoms with van der Waals surface area (Å²) in [7, 11) is -0.569. The van der Waals surface area contributed by atoms with Gasteiger partial charge in [0.2, 0.25) is 21.0 Å². The summed E-state index contributed by atoms with van der Waals surface area (Å²) in [6.07, 6.45) is 0. The summed E-state index contributed by atoms with van der Waals surface area (Å²) in [6, 6.07) is 9.63. The van der Waals surface area contributed by atoms with E-state index in [0.29, 0.717) is 40.6 Å². The Morgan fingerprint density at radius 3 is 2.65 bits per heavy atom. The van der Waals surface area contributed by atoms with Crippen LogP contribution >= 0.6 is 23.8 Å². The number of hydrogen-bond donors (Lipinski definition) is 2. The van der Waals surface area contributed by atoms with Gasteiger partial charge >= 0.3 is 0 Å². The van der Waals surface area contributed by atoms with Gasteiger partial charge in [0, 0.05) is 31.2 Å². The lowest BCUT2D eigenvalue weighted by Crippen LogP contribution is -2.40. The maximum absolute atomic E-state index is 13.1. The first kappa shape index (κ1) is 24.4. The Morgan fingerprint density at radius 1 is 1.24 bits per heavy atom. The molecule has 0 saturated carbocycles. The zero-order chi connectivity index (χ0) is 24.5. The summed E-state index contributed by atoms with van der Waals surface area (Å²) in [5.74, 6) is 0.346. The average molecular weight is 524 g/mol. The molecule has 10 nitrogen and oxygen atoms in total. The smallest absolute Gasteiger partial charge is 0.243 e. The first-order valence-electron chi connectivity index (χ1n) is 10.2. The SMILES string of the molecule is COc1ccc(NC(=S)N=Nc2c(O)n(C)c3ccc(S(=O)(=O)N4CCOCC4)cc23)cc1Cl. The van der Waals surface area contributed by atoms with E-state index in [0.717, 1.165) is 0 Å². The van der Waals surface area contributed by atoms with Crippen molar-refractivity contribution in [1.82, 2.24) is 8.87 Å². The molecule has 0 unspecified atom stereocenters. The number of aryl methyl sites for hydroxylation is 1. The number of nitrogens with zero attached hydrogens (tertiary/aromatic N) is 4. The van der Waals surface area contributed by atoms with Crippen LogP contribution in [0.15, 0.2) is 51.5 Å². The van der Waals surface area contributed by atoms with Gasteiger partial charge in [0.05, 0.1) is 35.8 Å². The highest BCUT2D eigenvalue weighted by Gasteiger charge is 2.27. The number of ether oxygens (including phenoxy) is 2. The lowest BCUT2D eigenvalue weighted by atomic mass is 10.2. The number of sulfonamides is 1. The molecular weight excluding hydrogens is 502 g/mol. The summed E-state index contributed by atoms with van der Waals surface area (Å²) in [6.45, 7) is 1.25. The fourth-order valence-corrected chi connectivity index (χ4v) is 5.42. The molecule has 0 atom stereocenters. The largest absolute Gasteiger partial charge is 0.495 e. The number of azo groups is 1. The molecule has 3 aromatic rings. The quantitative estimate of drug-likeness (QED) is 0.382. The van der Waals surface area contributed by atoms with Gasteiger partial charge in [0.15, 0.2) is 5.69 Å². The third-order valence-corrected chi connectivity index (χ3v) is 7.74. The van der Waals surface area contributed by atoms with Crippen molar-refractivity contribution < 1.29 is 23.0 Å². The molecule has 4 rings (SSSR count). The predicted molar refractivity (Wildman–Crippen MR) is 133 cm³/mol. The number of nitrogens with one attached hydrogen (secondary N) is 1. The van der Waals surface area contributed by atoms with Gasteiger partial charge in [-0.2, -0.15) is 4.31 Å².